The lowest BCUT2D eigenvalue weighted by Gasteiger charge is -2.08. The molecule has 4 nitrogen and oxygen atoms in total. The van der Waals surface area contributed by atoms with E-state index in [0.717, 1.165) is 34.4 Å². The first-order chi connectivity index (χ1) is 9.19. The highest BCUT2D eigenvalue weighted by Gasteiger charge is 2.08. The first kappa shape index (κ1) is 12.0. The Balaban J connectivity index is 2.08. The monoisotopic (exact) mass is 255 g/mol. The van der Waals surface area contributed by atoms with E-state index < -0.39 is 0 Å². The number of fused-ring (bicyclic) bond motifs is 1. The van der Waals surface area contributed by atoms with Gasteiger partial charge in [0, 0.05) is 18.8 Å². The quantitative estimate of drug-likeness (QED) is 0.780. The molecule has 1 aromatic carbocycles. The van der Waals surface area contributed by atoms with Crippen LogP contribution in [0, 0.1) is 6.92 Å². The Labute approximate surface area is 111 Å². The van der Waals surface area contributed by atoms with Crippen LogP contribution in [-0.2, 0) is 20.2 Å². The molecule has 0 unspecified atom stereocenters. The molecule has 98 valence electrons. The number of aromatic nitrogens is 3. The van der Waals surface area contributed by atoms with Gasteiger partial charge in [0.15, 0.2) is 0 Å². The SMILES string of the molecule is Cc1cc(Cn2ccc3cccc(CO)c32)n(C)n1. The van der Waals surface area contributed by atoms with Gasteiger partial charge in [-0.15, -0.1) is 0 Å². The van der Waals surface area contributed by atoms with Gasteiger partial charge in [0.1, 0.15) is 0 Å². The van der Waals surface area contributed by atoms with Crippen LogP contribution in [0.3, 0.4) is 0 Å². The van der Waals surface area contributed by atoms with Crippen molar-refractivity contribution in [2.45, 2.75) is 20.1 Å². The molecule has 0 aliphatic heterocycles. The van der Waals surface area contributed by atoms with E-state index in [4.69, 9.17) is 0 Å². The maximum Gasteiger partial charge on any atom is 0.0702 e. The van der Waals surface area contributed by atoms with Crippen molar-refractivity contribution in [2.24, 2.45) is 7.05 Å². The van der Waals surface area contributed by atoms with Crippen molar-refractivity contribution < 1.29 is 5.11 Å². The summed E-state index contributed by atoms with van der Waals surface area (Å²) in [5, 5.41) is 15.0. The molecule has 19 heavy (non-hydrogen) atoms. The second-order valence-corrected chi connectivity index (χ2v) is 4.86. The Morgan fingerprint density at radius 3 is 2.79 bits per heavy atom. The Kier molecular flexibility index (Phi) is 2.87. The normalized spacial score (nSPS) is 11.3. The molecule has 0 spiro atoms. The summed E-state index contributed by atoms with van der Waals surface area (Å²) in [5.41, 5.74) is 4.24. The molecule has 2 aromatic heterocycles. The highest BCUT2D eigenvalue weighted by Crippen LogP contribution is 2.21. The van der Waals surface area contributed by atoms with Gasteiger partial charge >= 0.3 is 0 Å². The standard InChI is InChI=1S/C15H17N3O/c1-11-8-14(17(2)16-11)9-18-7-6-12-4-3-5-13(10-19)15(12)18/h3-8,19H,9-10H2,1-2H3. The second kappa shape index (κ2) is 4.55. The second-order valence-electron chi connectivity index (χ2n) is 4.86. The predicted octanol–water partition coefficient (Wildman–Crippen LogP) is 2.22. The van der Waals surface area contributed by atoms with Crippen molar-refractivity contribution in [3.05, 3.63) is 53.5 Å². The lowest BCUT2D eigenvalue weighted by Crippen LogP contribution is -2.05. The fourth-order valence-corrected chi connectivity index (χ4v) is 2.59. The topological polar surface area (TPSA) is 43.0 Å². The van der Waals surface area contributed by atoms with Gasteiger partial charge in [-0.3, -0.25) is 4.68 Å². The maximum atomic E-state index is 9.47. The summed E-state index contributed by atoms with van der Waals surface area (Å²) in [4.78, 5) is 0. The Hall–Kier alpha value is -2.07. The smallest absolute Gasteiger partial charge is 0.0702 e. The molecule has 0 amide bonds. The van der Waals surface area contributed by atoms with Gasteiger partial charge in [0.2, 0.25) is 0 Å². The lowest BCUT2D eigenvalue weighted by atomic mass is 10.1. The van der Waals surface area contributed by atoms with Crippen LogP contribution in [0.4, 0.5) is 0 Å². The van der Waals surface area contributed by atoms with Crippen LogP contribution in [0.2, 0.25) is 0 Å². The molecule has 0 fully saturated rings. The van der Waals surface area contributed by atoms with Crippen LogP contribution < -0.4 is 0 Å². The molecule has 0 saturated heterocycles. The Bertz CT molecular complexity index is 724. The van der Waals surface area contributed by atoms with E-state index in [1.807, 2.05) is 30.8 Å². The molecule has 0 aliphatic rings. The zero-order valence-electron chi connectivity index (χ0n) is 11.2. The number of aliphatic hydroxyl groups is 1. The molecule has 0 atom stereocenters. The average Bonchev–Trinajstić information content (AvgIpc) is 2.94. The van der Waals surface area contributed by atoms with Gasteiger partial charge in [-0.05, 0) is 24.4 Å². The number of para-hydroxylation sites is 1. The third-order valence-electron chi connectivity index (χ3n) is 3.47. The fourth-order valence-electron chi connectivity index (χ4n) is 2.59. The summed E-state index contributed by atoms with van der Waals surface area (Å²) >= 11 is 0. The average molecular weight is 255 g/mol. The van der Waals surface area contributed by atoms with Crippen LogP contribution >= 0.6 is 0 Å². The van der Waals surface area contributed by atoms with Crippen LogP contribution in [0.5, 0.6) is 0 Å². The van der Waals surface area contributed by atoms with Crippen molar-refractivity contribution in [2.75, 3.05) is 0 Å². The van der Waals surface area contributed by atoms with Crippen LogP contribution in [0.25, 0.3) is 10.9 Å². The highest BCUT2D eigenvalue weighted by molar-refractivity contribution is 5.83. The number of benzene rings is 1. The van der Waals surface area contributed by atoms with Crippen molar-refractivity contribution in [3.8, 4) is 0 Å². The van der Waals surface area contributed by atoms with Gasteiger partial charge in [0.05, 0.1) is 30.1 Å². The van der Waals surface area contributed by atoms with Crippen molar-refractivity contribution in [1.29, 1.82) is 0 Å². The Morgan fingerprint density at radius 1 is 1.26 bits per heavy atom. The summed E-state index contributed by atoms with van der Waals surface area (Å²) in [6.45, 7) is 2.82. The number of hydrogen-bond donors (Lipinski definition) is 1. The van der Waals surface area contributed by atoms with Crippen LogP contribution in [-0.4, -0.2) is 19.5 Å². The molecule has 4 heteroatoms. The number of hydrogen-bond acceptors (Lipinski definition) is 2. The van der Waals surface area contributed by atoms with Gasteiger partial charge in [-0.1, -0.05) is 18.2 Å². The number of nitrogens with zero attached hydrogens (tertiary/aromatic N) is 3. The molecule has 0 bridgehead atoms. The summed E-state index contributed by atoms with van der Waals surface area (Å²) in [6.07, 6.45) is 2.06. The minimum Gasteiger partial charge on any atom is -0.392 e. The first-order valence-corrected chi connectivity index (χ1v) is 6.36. The van der Waals surface area contributed by atoms with Crippen molar-refractivity contribution >= 4 is 10.9 Å². The third-order valence-corrected chi connectivity index (χ3v) is 3.47. The zero-order valence-corrected chi connectivity index (χ0v) is 11.2. The first-order valence-electron chi connectivity index (χ1n) is 6.36. The summed E-state index contributed by atoms with van der Waals surface area (Å²) in [5.74, 6) is 0. The molecule has 2 heterocycles. The lowest BCUT2D eigenvalue weighted by molar-refractivity contribution is 0.283. The maximum absolute atomic E-state index is 9.47. The van der Waals surface area contributed by atoms with Gasteiger partial charge in [-0.25, -0.2) is 0 Å². The van der Waals surface area contributed by atoms with Crippen molar-refractivity contribution in [1.82, 2.24) is 14.3 Å². The van der Waals surface area contributed by atoms with Gasteiger partial charge < -0.3 is 9.67 Å². The number of aryl methyl sites for hydroxylation is 2. The largest absolute Gasteiger partial charge is 0.392 e. The van der Waals surface area contributed by atoms with Gasteiger partial charge in [-0.2, -0.15) is 5.10 Å². The van der Waals surface area contributed by atoms with E-state index in [1.54, 1.807) is 0 Å². The highest BCUT2D eigenvalue weighted by atomic mass is 16.3. The molecular formula is C15H17N3O. The summed E-state index contributed by atoms with van der Waals surface area (Å²) < 4.78 is 4.07. The summed E-state index contributed by atoms with van der Waals surface area (Å²) in [7, 11) is 1.96. The predicted molar refractivity (Wildman–Crippen MR) is 74.9 cm³/mol. The molecular weight excluding hydrogens is 238 g/mol. The van der Waals surface area contributed by atoms with E-state index in [-0.39, 0.29) is 6.61 Å². The van der Waals surface area contributed by atoms with Crippen LogP contribution in [0.15, 0.2) is 36.5 Å². The van der Waals surface area contributed by atoms with E-state index in [0.29, 0.717) is 0 Å². The van der Waals surface area contributed by atoms with E-state index in [9.17, 15) is 5.11 Å². The number of aliphatic hydroxyl groups excluding tert-OH is 1. The van der Waals surface area contributed by atoms with Crippen molar-refractivity contribution in [3.63, 3.8) is 0 Å². The molecule has 3 rings (SSSR count). The fraction of sp³-hybridized carbons (Fsp3) is 0.267. The Morgan fingerprint density at radius 2 is 2.11 bits per heavy atom. The zero-order chi connectivity index (χ0) is 13.4. The molecule has 0 saturated carbocycles. The molecule has 3 aromatic rings. The molecule has 0 radical (unpaired) electrons. The van der Waals surface area contributed by atoms with Gasteiger partial charge in [0.25, 0.3) is 0 Å². The van der Waals surface area contributed by atoms with E-state index in [2.05, 4.69) is 34.1 Å². The number of rotatable bonds is 3. The minimum absolute atomic E-state index is 0.0613. The van der Waals surface area contributed by atoms with E-state index in [1.165, 1.54) is 0 Å². The van der Waals surface area contributed by atoms with Crippen LogP contribution in [0.1, 0.15) is 17.0 Å². The third kappa shape index (κ3) is 2.04. The minimum atomic E-state index is 0.0613. The molecule has 1 N–H and O–H groups in total. The molecule has 0 aliphatic carbocycles. The summed E-state index contributed by atoms with van der Waals surface area (Å²) in [6, 6.07) is 10.2. The van der Waals surface area contributed by atoms with E-state index >= 15 is 0 Å².